The third-order valence-corrected chi connectivity index (χ3v) is 0.814. The Morgan fingerprint density at radius 2 is 2.20 bits per heavy atom. The summed E-state index contributed by atoms with van der Waals surface area (Å²) in [5, 5.41) is 0. The Morgan fingerprint density at radius 3 is 2.20 bits per heavy atom. The zero-order valence-electron chi connectivity index (χ0n) is 2.98. The van der Waals surface area contributed by atoms with E-state index in [9.17, 15) is 4.70 Å². The molecule has 1 aliphatic rings. The van der Waals surface area contributed by atoms with Gasteiger partial charge in [-0.3, -0.25) is 0 Å². The standard InChI is InChI=1S/C3H5BO/c5-4-3-1-2-3/h3H,1-2H2. The van der Waals surface area contributed by atoms with Gasteiger partial charge in [0.05, 0.1) is 0 Å². The fourth-order valence-electron chi connectivity index (χ4n) is 0.232. The molecule has 0 N–H and O–H groups in total. The van der Waals surface area contributed by atoms with Crippen molar-refractivity contribution >= 4 is 7.15 Å². The van der Waals surface area contributed by atoms with Gasteiger partial charge in [0.2, 0.25) is 0 Å². The fourth-order valence-corrected chi connectivity index (χ4v) is 0.232. The molecule has 2 heteroatoms. The molecule has 0 unspecified atom stereocenters. The quantitative estimate of drug-likeness (QED) is 0.411. The molecule has 0 aromatic heterocycles. The molecule has 1 saturated carbocycles. The molecule has 0 aromatic carbocycles. The van der Waals surface area contributed by atoms with Crippen LogP contribution in [-0.4, -0.2) is 7.15 Å². The summed E-state index contributed by atoms with van der Waals surface area (Å²) in [6, 6.07) is 0. The first-order valence-electron chi connectivity index (χ1n) is 1.89. The molecule has 0 radical (unpaired) electrons. The molecule has 1 nitrogen and oxygen atoms in total. The Morgan fingerprint density at radius 1 is 1.60 bits per heavy atom. The average Bonchev–Trinajstić information content (AvgIpc) is 2.12. The van der Waals surface area contributed by atoms with E-state index in [4.69, 9.17) is 0 Å². The van der Waals surface area contributed by atoms with Gasteiger partial charge in [0.1, 0.15) is 0 Å². The first kappa shape index (κ1) is 3.07. The first-order valence-corrected chi connectivity index (χ1v) is 1.89. The fraction of sp³-hybridized carbons (Fsp3) is 1.00. The van der Waals surface area contributed by atoms with Gasteiger partial charge in [0.15, 0.2) is 0 Å². The molecule has 0 spiro atoms. The number of hydrogen-bond acceptors (Lipinski definition) is 1. The van der Waals surface area contributed by atoms with Crippen LogP contribution in [0.1, 0.15) is 12.8 Å². The van der Waals surface area contributed by atoms with E-state index < -0.39 is 0 Å². The normalized spacial score (nSPS) is 21.6. The molecule has 0 saturated heterocycles. The van der Waals surface area contributed by atoms with Gasteiger partial charge in [-0.15, -0.1) is 0 Å². The molecule has 26 valence electrons. The van der Waals surface area contributed by atoms with Crippen LogP contribution in [0.25, 0.3) is 0 Å². The van der Waals surface area contributed by atoms with Gasteiger partial charge >= 0.3 is 30.5 Å². The topological polar surface area (TPSA) is 17.1 Å². The van der Waals surface area contributed by atoms with Crippen LogP contribution in [0.3, 0.4) is 0 Å². The van der Waals surface area contributed by atoms with Gasteiger partial charge in [-0.2, -0.15) is 0 Å². The van der Waals surface area contributed by atoms with E-state index in [1.807, 2.05) is 0 Å². The Kier molecular flexibility index (Phi) is 0.566. The molecule has 0 atom stereocenters. The van der Waals surface area contributed by atoms with Gasteiger partial charge in [-0.1, -0.05) is 0 Å². The third-order valence-electron chi connectivity index (χ3n) is 0.814. The van der Waals surface area contributed by atoms with Crippen LogP contribution in [0.4, 0.5) is 0 Å². The predicted molar refractivity (Wildman–Crippen MR) is 19.4 cm³/mol. The van der Waals surface area contributed by atoms with E-state index in [1.54, 1.807) is 0 Å². The zero-order valence-corrected chi connectivity index (χ0v) is 2.98. The maximum atomic E-state index is 9.57. The van der Waals surface area contributed by atoms with Crippen molar-refractivity contribution in [3.8, 4) is 0 Å². The second-order valence-corrected chi connectivity index (χ2v) is 1.47. The molecule has 0 bridgehead atoms. The Bertz CT molecular complexity index is 48.9. The molecular weight excluding hydrogens is 62.8 g/mol. The van der Waals surface area contributed by atoms with E-state index in [2.05, 4.69) is 0 Å². The van der Waals surface area contributed by atoms with E-state index in [-0.39, 0.29) is 0 Å². The van der Waals surface area contributed by atoms with Crippen LogP contribution < -0.4 is 0 Å². The van der Waals surface area contributed by atoms with E-state index in [0.29, 0.717) is 5.82 Å². The number of hydrogen-bond donors (Lipinski definition) is 0. The average molecular weight is 67.9 g/mol. The molecule has 0 aromatic rings. The molecule has 1 rings (SSSR count). The molecule has 0 aliphatic heterocycles. The summed E-state index contributed by atoms with van der Waals surface area (Å²) in [6.07, 6.45) is 2.28. The van der Waals surface area contributed by atoms with Gasteiger partial charge in [-0.25, -0.2) is 0 Å². The van der Waals surface area contributed by atoms with Crippen molar-refractivity contribution in [2.75, 3.05) is 0 Å². The maximum absolute atomic E-state index is 9.57. The van der Waals surface area contributed by atoms with Crippen LogP contribution in [0, 0.1) is 0 Å². The number of rotatable bonds is 1. The van der Waals surface area contributed by atoms with E-state index in [0.717, 1.165) is 20.0 Å². The second kappa shape index (κ2) is 0.922. The Balaban J connectivity index is 2.21. The third kappa shape index (κ3) is 0.568. The zero-order chi connectivity index (χ0) is 3.70. The van der Waals surface area contributed by atoms with Gasteiger partial charge in [-0.05, 0) is 0 Å². The van der Waals surface area contributed by atoms with E-state index >= 15 is 0 Å². The van der Waals surface area contributed by atoms with Crippen LogP contribution in [0.5, 0.6) is 0 Å². The summed E-state index contributed by atoms with van der Waals surface area (Å²) in [7, 11) is 1.03. The van der Waals surface area contributed by atoms with Crippen LogP contribution >= 0.6 is 0 Å². The minimum atomic E-state index is 0.454. The molecular formula is C3H5BO. The second-order valence-electron chi connectivity index (χ2n) is 1.47. The van der Waals surface area contributed by atoms with Crippen molar-refractivity contribution in [1.29, 1.82) is 0 Å². The van der Waals surface area contributed by atoms with Gasteiger partial charge < -0.3 is 0 Å². The van der Waals surface area contributed by atoms with Crippen molar-refractivity contribution < 1.29 is 4.70 Å². The summed E-state index contributed by atoms with van der Waals surface area (Å²) < 4.78 is 9.57. The minimum absolute atomic E-state index is 0.454. The van der Waals surface area contributed by atoms with Gasteiger partial charge in [0.25, 0.3) is 0 Å². The van der Waals surface area contributed by atoms with Crippen molar-refractivity contribution in [1.82, 2.24) is 0 Å². The molecule has 0 amide bonds. The van der Waals surface area contributed by atoms with Crippen LogP contribution in [0.15, 0.2) is 0 Å². The Labute approximate surface area is 31.6 Å². The first-order chi connectivity index (χ1) is 2.43. The SMILES string of the molecule is O=BC1CC1. The van der Waals surface area contributed by atoms with Crippen molar-refractivity contribution in [3.05, 3.63) is 0 Å². The van der Waals surface area contributed by atoms with E-state index in [1.165, 1.54) is 0 Å². The van der Waals surface area contributed by atoms with Crippen LogP contribution in [0.2, 0.25) is 5.82 Å². The summed E-state index contributed by atoms with van der Waals surface area (Å²) in [5.41, 5.74) is 0. The predicted octanol–water partition coefficient (Wildman–Crippen LogP) is 0.618. The van der Waals surface area contributed by atoms with Crippen molar-refractivity contribution in [3.63, 3.8) is 0 Å². The summed E-state index contributed by atoms with van der Waals surface area (Å²) in [4.78, 5) is 0. The Hall–Kier alpha value is -0.135. The molecule has 1 fully saturated rings. The van der Waals surface area contributed by atoms with Crippen molar-refractivity contribution in [2.45, 2.75) is 18.7 Å². The summed E-state index contributed by atoms with van der Waals surface area (Å²) >= 11 is 0. The van der Waals surface area contributed by atoms with Gasteiger partial charge in [0, 0.05) is 0 Å². The molecule has 0 heterocycles. The monoisotopic (exact) mass is 68.0 g/mol. The summed E-state index contributed by atoms with van der Waals surface area (Å²) in [5.74, 6) is 0.454. The summed E-state index contributed by atoms with van der Waals surface area (Å²) in [6.45, 7) is 0. The molecule has 5 heavy (non-hydrogen) atoms. The van der Waals surface area contributed by atoms with Crippen LogP contribution in [-0.2, 0) is 4.70 Å². The van der Waals surface area contributed by atoms with Crippen molar-refractivity contribution in [2.24, 2.45) is 0 Å². The molecule has 1 aliphatic carbocycles.